The molecule has 1 atom stereocenters. The van der Waals surface area contributed by atoms with Crippen LogP contribution in [0.15, 0.2) is 18.2 Å². The quantitative estimate of drug-likeness (QED) is 0.896. The third-order valence-electron chi connectivity index (χ3n) is 4.03. The molecule has 1 heterocycles. The summed E-state index contributed by atoms with van der Waals surface area (Å²) >= 11 is 0. The molecule has 1 N–H and O–H groups in total. The van der Waals surface area contributed by atoms with Gasteiger partial charge in [-0.05, 0) is 45.5 Å². The highest BCUT2D eigenvalue weighted by atomic mass is 16.5. The predicted octanol–water partition coefficient (Wildman–Crippen LogP) is 2.28. The Labute approximate surface area is 122 Å². The molecule has 1 aliphatic rings. The zero-order chi connectivity index (χ0) is 14.4. The van der Waals surface area contributed by atoms with Crippen molar-refractivity contribution >= 4 is 0 Å². The Kier molecular flexibility index (Phi) is 5.68. The summed E-state index contributed by atoms with van der Waals surface area (Å²) in [4.78, 5) is 2.41. The Balaban J connectivity index is 1.92. The van der Waals surface area contributed by atoms with E-state index in [0.29, 0.717) is 6.04 Å². The Morgan fingerprint density at radius 3 is 2.80 bits per heavy atom. The summed E-state index contributed by atoms with van der Waals surface area (Å²) in [5, 5.41) is 3.66. The van der Waals surface area contributed by atoms with Crippen LogP contribution >= 0.6 is 0 Å². The minimum Gasteiger partial charge on any atom is -0.497 e. The monoisotopic (exact) mass is 278 g/mol. The highest BCUT2D eigenvalue weighted by molar-refractivity contribution is 5.40. The van der Waals surface area contributed by atoms with Gasteiger partial charge in [-0.3, -0.25) is 0 Å². The molecule has 1 unspecified atom stereocenters. The fourth-order valence-electron chi connectivity index (χ4n) is 2.70. The van der Waals surface area contributed by atoms with Gasteiger partial charge >= 0.3 is 0 Å². The molecule has 1 fully saturated rings. The van der Waals surface area contributed by atoms with Gasteiger partial charge in [0, 0.05) is 24.2 Å². The maximum Gasteiger partial charge on any atom is 0.127 e. The number of nitrogens with one attached hydrogen (secondary N) is 1. The molecule has 0 aliphatic carbocycles. The van der Waals surface area contributed by atoms with Crippen molar-refractivity contribution in [2.24, 2.45) is 0 Å². The molecule has 1 aromatic carbocycles. The number of nitrogens with zero attached hydrogens (tertiary/aromatic N) is 1. The molecule has 0 aromatic heterocycles. The third kappa shape index (κ3) is 4.12. The number of rotatable bonds is 5. The van der Waals surface area contributed by atoms with Crippen LogP contribution in [0.5, 0.6) is 11.5 Å². The zero-order valence-corrected chi connectivity index (χ0v) is 12.8. The molecule has 1 saturated heterocycles. The number of methoxy groups -OCH3 is 2. The van der Waals surface area contributed by atoms with E-state index in [0.717, 1.165) is 18.0 Å². The summed E-state index contributed by atoms with van der Waals surface area (Å²) in [6, 6.07) is 6.61. The predicted molar refractivity (Wildman–Crippen MR) is 81.5 cm³/mol. The molecule has 4 heteroatoms. The maximum atomic E-state index is 5.44. The van der Waals surface area contributed by atoms with Crippen molar-refractivity contribution in [2.45, 2.75) is 31.8 Å². The summed E-state index contributed by atoms with van der Waals surface area (Å²) in [6.07, 6.45) is 3.74. The van der Waals surface area contributed by atoms with Crippen LogP contribution in [0.1, 0.15) is 24.8 Å². The molecule has 1 aromatic rings. The average molecular weight is 278 g/mol. The van der Waals surface area contributed by atoms with Crippen LogP contribution in [0.3, 0.4) is 0 Å². The number of likely N-dealkylation sites (tertiary alicyclic amines) is 1. The van der Waals surface area contributed by atoms with Crippen molar-refractivity contribution in [3.63, 3.8) is 0 Å². The second-order valence-corrected chi connectivity index (χ2v) is 5.49. The van der Waals surface area contributed by atoms with Gasteiger partial charge in [0.1, 0.15) is 11.5 Å². The first-order valence-corrected chi connectivity index (χ1v) is 7.35. The van der Waals surface area contributed by atoms with Crippen molar-refractivity contribution in [1.29, 1.82) is 0 Å². The molecular weight excluding hydrogens is 252 g/mol. The van der Waals surface area contributed by atoms with E-state index in [1.807, 2.05) is 12.1 Å². The lowest BCUT2D eigenvalue weighted by molar-refractivity contribution is 0.343. The minimum atomic E-state index is 0.603. The summed E-state index contributed by atoms with van der Waals surface area (Å²) < 4.78 is 10.7. The molecule has 0 bridgehead atoms. The average Bonchev–Trinajstić information content (AvgIpc) is 2.69. The highest BCUT2D eigenvalue weighted by Gasteiger charge is 2.15. The van der Waals surface area contributed by atoms with Gasteiger partial charge in [-0.2, -0.15) is 0 Å². The molecule has 4 nitrogen and oxygen atoms in total. The summed E-state index contributed by atoms with van der Waals surface area (Å²) in [7, 11) is 5.59. The Morgan fingerprint density at radius 2 is 2.05 bits per heavy atom. The van der Waals surface area contributed by atoms with E-state index in [4.69, 9.17) is 9.47 Å². The van der Waals surface area contributed by atoms with Crippen molar-refractivity contribution in [1.82, 2.24) is 10.2 Å². The highest BCUT2D eigenvalue weighted by Crippen LogP contribution is 2.24. The molecule has 112 valence electrons. The Morgan fingerprint density at radius 1 is 1.20 bits per heavy atom. The topological polar surface area (TPSA) is 33.7 Å². The first-order chi connectivity index (χ1) is 9.72. The van der Waals surface area contributed by atoms with Gasteiger partial charge in [-0.25, -0.2) is 0 Å². The van der Waals surface area contributed by atoms with E-state index >= 15 is 0 Å². The van der Waals surface area contributed by atoms with Gasteiger partial charge in [0.15, 0.2) is 0 Å². The maximum absolute atomic E-state index is 5.44. The Hall–Kier alpha value is -1.26. The van der Waals surface area contributed by atoms with Crippen LogP contribution < -0.4 is 14.8 Å². The van der Waals surface area contributed by atoms with E-state index < -0.39 is 0 Å². The summed E-state index contributed by atoms with van der Waals surface area (Å²) in [6.45, 7) is 3.24. The van der Waals surface area contributed by atoms with Gasteiger partial charge in [0.2, 0.25) is 0 Å². The standard InChI is InChI=1S/C16H26N2O2/c1-18-9-4-5-14(8-10-18)17-12-13-6-7-15(19-2)11-16(13)20-3/h6-7,11,14,17H,4-5,8-10,12H2,1-3H3. The minimum absolute atomic E-state index is 0.603. The van der Waals surface area contributed by atoms with E-state index in [1.54, 1.807) is 14.2 Å². The van der Waals surface area contributed by atoms with Crippen LogP contribution in [0.2, 0.25) is 0 Å². The molecule has 2 rings (SSSR count). The molecule has 0 spiro atoms. The van der Waals surface area contributed by atoms with E-state index in [1.165, 1.54) is 37.9 Å². The third-order valence-corrected chi connectivity index (χ3v) is 4.03. The summed E-state index contributed by atoms with van der Waals surface area (Å²) in [5.74, 6) is 1.73. The number of hydrogen-bond donors (Lipinski definition) is 1. The van der Waals surface area contributed by atoms with Crippen molar-refractivity contribution in [2.75, 3.05) is 34.4 Å². The number of benzene rings is 1. The molecule has 0 saturated carbocycles. The van der Waals surface area contributed by atoms with Gasteiger partial charge in [-0.15, -0.1) is 0 Å². The van der Waals surface area contributed by atoms with E-state index in [-0.39, 0.29) is 0 Å². The zero-order valence-electron chi connectivity index (χ0n) is 12.8. The Bertz CT molecular complexity index is 423. The first kappa shape index (κ1) is 15.1. The lowest BCUT2D eigenvalue weighted by Gasteiger charge is -2.18. The van der Waals surface area contributed by atoms with Crippen molar-refractivity contribution < 1.29 is 9.47 Å². The largest absolute Gasteiger partial charge is 0.497 e. The molecular formula is C16H26N2O2. The molecule has 1 aliphatic heterocycles. The molecule has 0 amide bonds. The van der Waals surface area contributed by atoms with Crippen LogP contribution in [-0.2, 0) is 6.54 Å². The normalized spacial score (nSPS) is 20.4. The first-order valence-electron chi connectivity index (χ1n) is 7.35. The van der Waals surface area contributed by atoms with Crippen LogP contribution in [0.4, 0.5) is 0 Å². The fourth-order valence-corrected chi connectivity index (χ4v) is 2.70. The summed E-state index contributed by atoms with van der Waals surface area (Å²) in [5.41, 5.74) is 1.19. The van der Waals surface area contributed by atoms with E-state index in [2.05, 4.69) is 23.3 Å². The van der Waals surface area contributed by atoms with E-state index in [9.17, 15) is 0 Å². The SMILES string of the molecule is COc1ccc(CNC2CCCN(C)CC2)c(OC)c1. The van der Waals surface area contributed by atoms with Gasteiger partial charge in [0.25, 0.3) is 0 Å². The van der Waals surface area contributed by atoms with Crippen molar-refractivity contribution in [3.8, 4) is 11.5 Å². The molecule has 0 radical (unpaired) electrons. The van der Waals surface area contributed by atoms with Crippen molar-refractivity contribution in [3.05, 3.63) is 23.8 Å². The van der Waals surface area contributed by atoms with Crippen LogP contribution in [0.25, 0.3) is 0 Å². The lowest BCUT2D eigenvalue weighted by atomic mass is 10.1. The smallest absolute Gasteiger partial charge is 0.127 e. The van der Waals surface area contributed by atoms with Crippen LogP contribution in [-0.4, -0.2) is 45.3 Å². The van der Waals surface area contributed by atoms with Gasteiger partial charge in [0.05, 0.1) is 14.2 Å². The second-order valence-electron chi connectivity index (χ2n) is 5.49. The van der Waals surface area contributed by atoms with Gasteiger partial charge in [-0.1, -0.05) is 6.07 Å². The lowest BCUT2D eigenvalue weighted by Crippen LogP contribution is -2.29. The second kappa shape index (κ2) is 7.50. The van der Waals surface area contributed by atoms with Gasteiger partial charge < -0.3 is 19.7 Å². The number of ether oxygens (including phenoxy) is 2. The molecule has 20 heavy (non-hydrogen) atoms. The number of hydrogen-bond acceptors (Lipinski definition) is 4. The van der Waals surface area contributed by atoms with Crippen LogP contribution in [0, 0.1) is 0 Å². The fraction of sp³-hybridized carbons (Fsp3) is 0.625.